The summed E-state index contributed by atoms with van der Waals surface area (Å²) in [6.07, 6.45) is 0.801. The largest absolute Gasteiger partial charge is 0.495 e. The van der Waals surface area contributed by atoms with Crippen molar-refractivity contribution in [2.24, 2.45) is 0 Å². The molecule has 0 aromatic heterocycles. The van der Waals surface area contributed by atoms with Gasteiger partial charge < -0.3 is 20.1 Å². The van der Waals surface area contributed by atoms with Gasteiger partial charge >= 0.3 is 0 Å². The van der Waals surface area contributed by atoms with Crippen LogP contribution in [0.25, 0.3) is 10.8 Å². The Morgan fingerprint density at radius 2 is 1.41 bits per heavy atom. The molecule has 172 valence electrons. The number of hydrogen-bond acceptors (Lipinski definition) is 4. The molecule has 0 atom stereocenters. The molecule has 2 amide bonds. The summed E-state index contributed by atoms with van der Waals surface area (Å²) in [5.74, 6) is 0.213. The Kier molecular flexibility index (Phi) is 7.08. The fourth-order valence-corrected chi connectivity index (χ4v) is 3.73. The molecule has 0 radical (unpaired) electrons. The van der Waals surface area contributed by atoms with Crippen molar-refractivity contribution in [2.45, 2.75) is 13.3 Å². The van der Waals surface area contributed by atoms with Crippen LogP contribution in [-0.2, 0) is 11.2 Å². The first kappa shape index (κ1) is 22.9. The number of carbonyl (C=O) groups excluding carboxylic acids is 2. The first-order valence-electron chi connectivity index (χ1n) is 11.1. The van der Waals surface area contributed by atoms with Crippen LogP contribution in [-0.4, -0.2) is 25.5 Å². The normalized spacial score (nSPS) is 10.5. The highest BCUT2D eigenvalue weighted by molar-refractivity contribution is 6.09. The van der Waals surface area contributed by atoms with Crippen LogP contribution < -0.4 is 20.1 Å². The summed E-state index contributed by atoms with van der Waals surface area (Å²) in [6, 6.07) is 26.0. The van der Waals surface area contributed by atoms with Crippen molar-refractivity contribution >= 4 is 34.0 Å². The quantitative estimate of drug-likeness (QED) is 0.359. The van der Waals surface area contributed by atoms with Crippen molar-refractivity contribution < 1.29 is 19.1 Å². The van der Waals surface area contributed by atoms with Crippen molar-refractivity contribution in [3.05, 3.63) is 96.1 Å². The molecule has 0 aliphatic rings. The van der Waals surface area contributed by atoms with Crippen LogP contribution >= 0.6 is 0 Å². The number of rotatable bonds is 8. The van der Waals surface area contributed by atoms with Gasteiger partial charge in [-0.15, -0.1) is 0 Å². The molecule has 0 aliphatic carbocycles. The number of ether oxygens (including phenoxy) is 2. The summed E-state index contributed by atoms with van der Waals surface area (Å²) < 4.78 is 11.2. The number of fused-ring (bicyclic) bond motifs is 1. The fourth-order valence-electron chi connectivity index (χ4n) is 3.73. The lowest BCUT2D eigenvalue weighted by Crippen LogP contribution is -2.22. The van der Waals surface area contributed by atoms with Gasteiger partial charge in [-0.25, -0.2) is 0 Å². The molecule has 2 N–H and O–H groups in total. The van der Waals surface area contributed by atoms with Crippen LogP contribution in [0.15, 0.2) is 84.9 Å². The smallest absolute Gasteiger partial charge is 0.262 e. The Bertz CT molecular complexity index is 1330. The number of carbonyl (C=O) groups is 2. The summed E-state index contributed by atoms with van der Waals surface area (Å²) in [5.41, 5.74) is 2.67. The minimum atomic E-state index is -0.359. The van der Waals surface area contributed by atoms with E-state index < -0.39 is 0 Å². The SMILES string of the molecule is CCc1ccccc1NC(=O)COc1cc2ccccc2cc1C(=O)Nc1ccccc1OC. The second-order valence-corrected chi connectivity index (χ2v) is 7.70. The maximum absolute atomic E-state index is 13.2. The average Bonchev–Trinajstić information content (AvgIpc) is 2.87. The third-order valence-corrected chi connectivity index (χ3v) is 5.48. The molecular formula is C28H26N2O4. The lowest BCUT2D eigenvalue weighted by atomic mass is 10.1. The van der Waals surface area contributed by atoms with Gasteiger partial charge in [-0.1, -0.05) is 61.5 Å². The summed E-state index contributed by atoms with van der Waals surface area (Å²) in [4.78, 5) is 25.8. The molecular weight excluding hydrogens is 428 g/mol. The zero-order valence-electron chi connectivity index (χ0n) is 19.1. The van der Waals surface area contributed by atoms with E-state index in [0.29, 0.717) is 22.7 Å². The minimum Gasteiger partial charge on any atom is -0.495 e. The van der Waals surface area contributed by atoms with Crippen LogP contribution in [0.2, 0.25) is 0 Å². The van der Waals surface area contributed by atoms with Gasteiger partial charge in [0.1, 0.15) is 11.5 Å². The van der Waals surface area contributed by atoms with Crippen LogP contribution in [0.4, 0.5) is 11.4 Å². The summed E-state index contributed by atoms with van der Waals surface area (Å²) in [6.45, 7) is 1.80. The number of benzene rings is 4. The highest BCUT2D eigenvalue weighted by atomic mass is 16.5. The van der Waals surface area contributed by atoms with Gasteiger partial charge in [-0.05, 0) is 53.1 Å². The van der Waals surface area contributed by atoms with Gasteiger partial charge in [-0.2, -0.15) is 0 Å². The number of nitrogens with one attached hydrogen (secondary N) is 2. The van der Waals surface area contributed by atoms with E-state index in [4.69, 9.17) is 9.47 Å². The van der Waals surface area contributed by atoms with E-state index in [-0.39, 0.29) is 18.4 Å². The lowest BCUT2D eigenvalue weighted by Gasteiger charge is -2.15. The Morgan fingerprint density at radius 3 is 2.15 bits per heavy atom. The van der Waals surface area contributed by atoms with Crippen molar-refractivity contribution in [3.63, 3.8) is 0 Å². The van der Waals surface area contributed by atoms with Crippen molar-refractivity contribution in [1.29, 1.82) is 0 Å². The molecule has 0 aliphatic heterocycles. The number of methoxy groups -OCH3 is 1. The standard InChI is InChI=1S/C28H26N2O4/c1-3-19-10-6-7-13-23(19)29-27(31)18-34-26-17-21-12-5-4-11-20(21)16-22(26)28(32)30-24-14-8-9-15-25(24)33-2/h4-17H,3,18H2,1-2H3,(H,29,31)(H,30,32). The summed E-state index contributed by atoms with van der Waals surface area (Å²) in [7, 11) is 1.55. The predicted molar refractivity (Wildman–Crippen MR) is 135 cm³/mol. The Balaban J connectivity index is 1.58. The third-order valence-electron chi connectivity index (χ3n) is 5.48. The molecule has 6 heteroatoms. The molecule has 4 rings (SSSR count). The van der Waals surface area contributed by atoms with Crippen molar-refractivity contribution in [3.8, 4) is 11.5 Å². The van der Waals surface area contributed by atoms with Crippen LogP contribution in [0, 0.1) is 0 Å². The topological polar surface area (TPSA) is 76.7 Å². The zero-order valence-corrected chi connectivity index (χ0v) is 19.1. The first-order valence-corrected chi connectivity index (χ1v) is 11.1. The number of aryl methyl sites for hydroxylation is 1. The summed E-state index contributed by atoms with van der Waals surface area (Å²) in [5, 5.41) is 7.57. The second-order valence-electron chi connectivity index (χ2n) is 7.70. The molecule has 0 unspecified atom stereocenters. The Labute approximate surface area is 198 Å². The number of hydrogen-bond donors (Lipinski definition) is 2. The minimum absolute atomic E-state index is 0.231. The van der Waals surface area contributed by atoms with E-state index in [1.54, 1.807) is 31.4 Å². The van der Waals surface area contributed by atoms with Gasteiger partial charge in [-0.3, -0.25) is 9.59 Å². The maximum atomic E-state index is 13.2. The maximum Gasteiger partial charge on any atom is 0.262 e. The molecule has 0 spiro atoms. The van der Waals surface area contributed by atoms with E-state index >= 15 is 0 Å². The highest BCUT2D eigenvalue weighted by Gasteiger charge is 2.17. The van der Waals surface area contributed by atoms with Gasteiger partial charge in [0, 0.05) is 5.69 Å². The number of amides is 2. The number of para-hydroxylation sites is 3. The number of anilines is 2. The molecule has 6 nitrogen and oxygen atoms in total. The molecule has 4 aromatic carbocycles. The van der Waals surface area contributed by atoms with Gasteiger partial charge in [0.05, 0.1) is 18.4 Å². The molecule has 0 saturated carbocycles. The molecule has 0 heterocycles. The van der Waals surface area contributed by atoms with E-state index in [2.05, 4.69) is 10.6 Å². The molecule has 0 bridgehead atoms. The van der Waals surface area contributed by atoms with Crippen LogP contribution in [0.5, 0.6) is 11.5 Å². The average molecular weight is 455 g/mol. The van der Waals surface area contributed by atoms with Crippen molar-refractivity contribution in [2.75, 3.05) is 24.4 Å². The van der Waals surface area contributed by atoms with Crippen molar-refractivity contribution in [1.82, 2.24) is 0 Å². The van der Waals surface area contributed by atoms with Gasteiger partial charge in [0.2, 0.25) is 0 Å². The van der Waals surface area contributed by atoms with Crippen LogP contribution in [0.3, 0.4) is 0 Å². The highest BCUT2D eigenvalue weighted by Crippen LogP contribution is 2.29. The summed E-state index contributed by atoms with van der Waals surface area (Å²) >= 11 is 0. The van der Waals surface area contributed by atoms with E-state index in [1.807, 2.05) is 67.6 Å². The van der Waals surface area contributed by atoms with Gasteiger partial charge in [0.15, 0.2) is 6.61 Å². The van der Waals surface area contributed by atoms with E-state index in [9.17, 15) is 9.59 Å². The van der Waals surface area contributed by atoms with Gasteiger partial charge in [0.25, 0.3) is 11.8 Å². The lowest BCUT2D eigenvalue weighted by molar-refractivity contribution is -0.118. The molecule has 0 fully saturated rings. The first-order chi connectivity index (χ1) is 16.6. The third kappa shape index (κ3) is 5.18. The van der Waals surface area contributed by atoms with E-state index in [1.165, 1.54) is 0 Å². The Hall–Kier alpha value is -4.32. The molecule has 4 aromatic rings. The van der Waals surface area contributed by atoms with E-state index in [0.717, 1.165) is 28.4 Å². The molecule has 0 saturated heterocycles. The zero-order chi connectivity index (χ0) is 23.9. The Morgan fingerprint density at radius 1 is 0.765 bits per heavy atom. The monoisotopic (exact) mass is 454 g/mol. The van der Waals surface area contributed by atoms with Crippen LogP contribution in [0.1, 0.15) is 22.8 Å². The predicted octanol–water partition coefficient (Wildman–Crippen LogP) is 5.68. The fraction of sp³-hybridized carbons (Fsp3) is 0.143. The second kappa shape index (κ2) is 10.5. The molecule has 34 heavy (non-hydrogen) atoms.